The summed E-state index contributed by atoms with van der Waals surface area (Å²) in [6.07, 6.45) is 5.48. The van der Waals surface area contributed by atoms with Gasteiger partial charge in [0.2, 0.25) is 0 Å². The van der Waals surface area contributed by atoms with Gasteiger partial charge in [0.1, 0.15) is 5.56 Å². The van der Waals surface area contributed by atoms with Crippen LogP contribution in [0.2, 0.25) is 0 Å². The SMILES string of the molecule is NC(=O)c1cc([N+](=O)[O-])cn(CCCN2CCCCC2)c1=O. The molecule has 1 amide bonds. The summed E-state index contributed by atoms with van der Waals surface area (Å²) >= 11 is 0. The molecule has 0 aromatic carbocycles. The molecule has 8 nitrogen and oxygen atoms in total. The van der Waals surface area contributed by atoms with E-state index in [9.17, 15) is 19.7 Å². The maximum Gasteiger partial charge on any atom is 0.286 e. The van der Waals surface area contributed by atoms with Crippen LogP contribution in [0.3, 0.4) is 0 Å². The number of hydrogen-bond donors (Lipinski definition) is 1. The lowest BCUT2D eigenvalue weighted by Gasteiger charge is -2.26. The first-order chi connectivity index (χ1) is 10.5. The largest absolute Gasteiger partial charge is 0.365 e. The number of nitro groups is 1. The van der Waals surface area contributed by atoms with Gasteiger partial charge in [-0.05, 0) is 38.9 Å². The molecule has 22 heavy (non-hydrogen) atoms. The number of carbonyl (C=O) groups is 1. The minimum Gasteiger partial charge on any atom is -0.365 e. The van der Waals surface area contributed by atoms with Gasteiger partial charge in [-0.15, -0.1) is 0 Å². The molecule has 0 bridgehead atoms. The molecule has 1 fully saturated rings. The number of aryl methyl sites for hydroxylation is 1. The molecule has 0 aliphatic carbocycles. The molecule has 1 aromatic rings. The quantitative estimate of drug-likeness (QED) is 0.615. The summed E-state index contributed by atoms with van der Waals surface area (Å²) in [4.78, 5) is 35.9. The maximum absolute atomic E-state index is 12.1. The summed E-state index contributed by atoms with van der Waals surface area (Å²) in [6.45, 7) is 3.27. The number of pyridine rings is 1. The molecular weight excluding hydrogens is 288 g/mol. The van der Waals surface area contributed by atoms with Gasteiger partial charge in [0.05, 0.1) is 11.1 Å². The second-order valence-electron chi connectivity index (χ2n) is 5.49. The van der Waals surface area contributed by atoms with Crippen LogP contribution in [0, 0.1) is 10.1 Å². The van der Waals surface area contributed by atoms with Gasteiger partial charge in [0.15, 0.2) is 0 Å². The molecule has 1 saturated heterocycles. The monoisotopic (exact) mass is 308 g/mol. The fraction of sp³-hybridized carbons (Fsp3) is 0.571. The van der Waals surface area contributed by atoms with Crippen LogP contribution in [0.15, 0.2) is 17.1 Å². The minimum absolute atomic E-state index is 0.300. The van der Waals surface area contributed by atoms with Gasteiger partial charge in [-0.1, -0.05) is 6.42 Å². The summed E-state index contributed by atoms with van der Waals surface area (Å²) in [7, 11) is 0. The van der Waals surface area contributed by atoms with Crippen LogP contribution in [-0.2, 0) is 6.54 Å². The average molecular weight is 308 g/mol. The lowest BCUT2D eigenvalue weighted by Crippen LogP contribution is -2.33. The summed E-state index contributed by atoms with van der Waals surface area (Å²) in [6, 6.07) is 0.936. The third-order valence-electron chi connectivity index (χ3n) is 3.87. The Morgan fingerprint density at radius 1 is 1.27 bits per heavy atom. The van der Waals surface area contributed by atoms with Crippen molar-refractivity contribution >= 4 is 11.6 Å². The highest BCUT2D eigenvalue weighted by Gasteiger charge is 2.17. The number of likely N-dealkylation sites (tertiary alicyclic amines) is 1. The van der Waals surface area contributed by atoms with E-state index in [0.717, 1.165) is 25.7 Å². The van der Waals surface area contributed by atoms with E-state index in [2.05, 4.69) is 4.90 Å². The van der Waals surface area contributed by atoms with Crippen molar-refractivity contribution in [2.24, 2.45) is 5.73 Å². The Morgan fingerprint density at radius 3 is 2.55 bits per heavy atom. The Morgan fingerprint density at radius 2 is 1.95 bits per heavy atom. The lowest BCUT2D eigenvalue weighted by atomic mass is 10.1. The maximum atomic E-state index is 12.1. The number of nitrogens with two attached hydrogens (primary N) is 1. The van der Waals surface area contributed by atoms with Crippen LogP contribution < -0.4 is 11.3 Å². The Labute approximate surface area is 127 Å². The number of nitrogens with zero attached hydrogens (tertiary/aromatic N) is 3. The first-order valence-corrected chi connectivity index (χ1v) is 7.40. The van der Waals surface area contributed by atoms with Gasteiger partial charge in [-0.3, -0.25) is 19.7 Å². The van der Waals surface area contributed by atoms with Crippen molar-refractivity contribution in [1.29, 1.82) is 0 Å². The molecule has 120 valence electrons. The van der Waals surface area contributed by atoms with Crippen LogP contribution in [0.5, 0.6) is 0 Å². The Hall–Kier alpha value is -2.22. The Balaban J connectivity index is 2.10. The van der Waals surface area contributed by atoms with E-state index in [1.54, 1.807) is 0 Å². The van der Waals surface area contributed by atoms with Crippen molar-refractivity contribution in [1.82, 2.24) is 9.47 Å². The van der Waals surface area contributed by atoms with Crippen molar-refractivity contribution in [3.8, 4) is 0 Å². The molecule has 0 radical (unpaired) electrons. The highest BCUT2D eigenvalue weighted by atomic mass is 16.6. The number of piperidine rings is 1. The summed E-state index contributed by atoms with van der Waals surface area (Å²) in [5, 5.41) is 10.9. The number of aromatic nitrogens is 1. The number of carbonyl (C=O) groups excluding carboxylic acids is 1. The van der Waals surface area contributed by atoms with E-state index in [-0.39, 0.29) is 11.3 Å². The van der Waals surface area contributed by atoms with E-state index < -0.39 is 16.4 Å². The zero-order chi connectivity index (χ0) is 16.1. The van der Waals surface area contributed by atoms with Crippen molar-refractivity contribution in [3.05, 3.63) is 38.3 Å². The molecular formula is C14H20N4O4. The lowest BCUT2D eigenvalue weighted by molar-refractivity contribution is -0.385. The van der Waals surface area contributed by atoms with Crippen molar-refractivity contribution in [2.75, 3.05) is 19.6 Å². The number of primary amides is 1. The predicted octanol–water partition coefficient (Wildman–Crippen LogP) is 0.731. The van der Waals surface area contributed by atoms with Crippen LogP contribution in [0.4, 0.5) is 5.69 Å². The van der Waals surface area contributed by atoms with E-state index in [1.807, 2.05) is 0 Å². The summed E-state index contributed by atoms with van der Waals surface area (Å²) in [5.41, 5.74) is 3.90. The molecule has 2 rings (SSSR count). The Kier molecular flexibility index (Phi) is 5.26. The smallest absolute Gasteiger partial charge is 0.286 e. The topological polar surface area (TPSA) is 111 Å². The minimum atomic E-state index is -0.946. The zero-order valence-corrected chi connectivity index (χ0v) is 12.4. The molecule has 0 saturated carbocycles. The van der Waals surface area contributed by atoms with Crippen molar-refractivity contribution in [3.63, 3.8) is 0 Å². The number of amides is 1. The molecule has 0 atom stereocenters. The van der Waals surface area contributed by atoms with Gasteiger partial charge in [0, 0.05) is 12.6 Å². The van der Waals surface area contributed by atoms with Gasteiger partial charge in [-0.25, -0.2) is 0 Å². The predicted molar refractivity (Wildman–Crippen MR) is 80.8 cm³/mol. The summed E-state index contributed by atoms with van der Waals surface area (Å²) < 4.78 is 1.21. The molecule has 2 heterocycles. The first-order valence-electron chi connectivity index (χ1n) is 7.40. The second-order valence-corrected chi connectivity index (χ2v) is 5.49. The van der Waals surface area contributed by atoms with Crippen molar-refractivity contribution in [2.45, 2.75) is 32.2 Å². The molecule has 0 spiro atoms. The molecule has 1 aliphatic heterocycles. The number of rotatable bonds is 6. The first kappa shape index (κ1) is 16.2. The van der Waals surface area contributed by atoms with E-state index >= 15 is 0 Å². The third kappa shape index (κ3) is 3.91. The molecule has 1 aromatic heterocycles. The molecule has 2 N–H and O–H groups in total. The average Bonchev–Trinajstić information content (AvgIpc) is 2.49. The highest BCUT2D eigenvalue weighted by molar-refractivity contribution is 5.92. The molecule has 1 aliphatic rings. The van der Waals surface area contributed by atoms with Gasteiger partial charge < -0.3 is 15.2 Å². The van der Waals surface area contributed by atoms with Crippen LogP contribution in [-0.4, -0.2) is 39.9 Å². The highest BCUT2D eigenvalue weighted by Crippen LogP contribution is 2.12. The van der Waals surface area contributed by atoms with E-state index in [1.165, 1.54) is 30.0 Å². The summed E-state index contributed by atoms with van der Waals surface area (Å²) in [5.74, 6) is -0.946. The molecule has 0 unspecified atom stereocenters. The second kappa shape index (κ2) is 7.17. The van der Waals surface area contributed by atoms with Crippen LogP contribution in [0.25, 0.3) is 0 Å². The normalized spacial score (nSPS) is 15.6. The van der Waals surface area contributed by atoms with E-state index in [4.69, 9.17) is 5.73 Å². The molecule has 8 heteroatoms. The zero-order valence-electron chi connectivity index (χ0n) is 12.4. The fourth-order valence-electron chi connectivity index (χ4n) is 2.71. The van der Waals surface area contributed by atoms with Crippen LogP contribution in [0.1, 0.15) is 36.0 Å². The fourth-order valence-corrected chi connectivity index (χ4v) is 2.71. The number of hydrogen-bond acceptors (Lipinski definition) is 5. The Bertz CT molecular complexity index is 620. The van der Waals surface area contributed by atoms with Crippen LogP contribution >= 0.6 is 0 Å². The third-order valence-corrected chi connectivity index (χ3v) is 3.87. The standard InChI is InChI=1S/C14H20N4O4/c15-13(19)12-9-11(18(21)22)10-17(14(12)20)8-4-7-16-5-2-1-3-6-16/h9-10H,1-8H2,(H2,15,19). The van der Waals surface area contributed by atoms with Gasteiger partial charge in [-0.2, -0.15) is 0 Å². The van der Waals surface area contributed by atoms with Gasteiger partial charge >= 0.3 is 0 Å². The van der Waals surface area contributed by atoms with Gasteiger partial charge in [0.25, 0.3) is 17.2 Å². The van der Waals surface area contributed by atoms with E-state index in [0.29, 0.717) is 13.0 Å². The van der Waals surface area contributed by atoms with Crippen molar-refractivity contribution < 1.29 is 9.72 Å².